The third kappa shape index (κ3) is 2.17. The van der Waals surface area contributed by atoms with Gasteiger partial charge in [-0.15, -0.1) is 0 Å². The van der Waals surface area contributed by atoms with Crippen LogP contribution in [0.1, 0.15) is 70.9 Å². The smallest absolute Gasteiger partial charge is 0.111 e. The third-order valence-corrected chi connectivity index (χ3v) is 2.44. The van der Waals surface area contributed by atoms with E-state index in [0.717, 1.165) is 0 Å². The zero-order valence-electron chi connectivity index (χ0n) is 10.2. The predicted molar refractivity (Wildman–Crippen MR) is 60.8 cm³/mol. The van der Waals surface area contributed by atoms with Crippen LogP contribution in [0.15, 0.2) is 6.20 Å². The first kappa shape index (κ1) is 11.3. The van der Waals surface area contributed by atoms with Crippen molar-refractivity contribution in [2.24, 2.45) is 0 Å². The van der Waals surface area contributed by atoms with E-state index in [9.17, 15) is 0 Å². The van der Waals surface area contributed by atoms with E-state index >= 15 is 0 Å². The summed E-state index contributed by atoms with van der Waals surface area (Å²) < 4.78 is 2.29. The number of imidazole rings is 1. The Hall–Kier alpha value is -0.790. The van der Waals surface area contributed by atoms with Crippen LogP contribution in [0.25, 0.3) is 0 Å². The summed E-state index contributed by atoms with van der Waals surface area (Å²) in [4.78, 5) is 4.69. The number of aromatic nitrogens is 2. The lowest BCUT2D eigenvalue weighted by atomic mass is 10.1. The topological polar surface area (TPSA) is 17.8 Å². The van der Waals surface area contributed by atoms with Crippen LogP contribution in [0.5, 0.6) is 0 Å². The molecule has 0 aliphatic carbocycles. The highest BCUT2D eigenvalue weighted by Gasteiger charge is 2.14. The second kappa shape index (κ2) is 4.16. The summed E-state index contributed by atoms with van der Waals surface area (Å²) in [6.45, 7) is 13.2. The molecule has 14 heavy (non-hydrogen) atoms. The molecule has 0 aromatic carbocycles. The molecule has 0 radical (unpaired) electrons. The Morgan fingerprint density at radius 3 is 1.86 bits per heavy atom. The van der Waals surface area contributed by atoms with E-state index in [0.29, 0.717) is 17.9 Å². The molecule has 0 aliphatic rings. The zero-order valence-corrected chi connectivity index (χ0v) is 10.2. The summed E-state index contributed by atoms with van der Waals surface area (Å²) in [5.74, 6) is 2.24. The second-order valence-corrected chi connectivity index (χ2v) is 4.83. The minimum Gasteiger partial charge on any atom is -0.332 e. The number of hydrogen-bond acceptors (Lipinski definition) is 1. The maximum Gasteiger partial charge on any atom is 0.111 e. The summed E-state index contributed by atoms with van der Waals surface area (Å²) in [5, 5.41) is 0. The lowest BCUT2D eigenvalue weighted by Crippen LogP contribution is -2.06. The van der Waals surface area contributed by atoms with E-state index in [1.54, 1.807) is 0 Å². The molecule has 0 atom stereocenters. The van der Waals surface area contributed by atoms with Gasteiger partial charge in [-0.1, -0.05) is 27.7 Å². The molecule has 80 valence electrons. The van der Waals surface area contributed by atoms with Crippen LogP contribution in [0, 0.1) is 0 Å². The van der Waals surface area contributed by atoms with Crippen LogP contribution in [-0.2, 0) is 0 Å². The lowest BCUT2D eigenvalue weighted by Gasteiger charge is -2.13. The molecule has 0 unspecified atom stereocenters. The fourth-order valence-corrected chi connectivity index (χ4v) is 1.55. The van der Waals surface area contributed by atoms with Gasteiger partial charge in [0.15, 0.2) is 0 Å². The Kier molecular flexibility index (Phi) is 3.35. The van der Waals surface area contributed by atoms with Gasteiger partial charge in [0.2, 0.25) is 0 Å². The van der Waals surface area contributed by atoms with Crippen molar-refractivity contribution in [3.05, 3.63) is 17.7 Å². The maximum atomic E-state index is 4.69. The Bertz CT molecular complexity index is 270. The maximum absolute atomic E-state index is 4.69. The van der Waals surface area contributed by atoms with Gasteiger partial charge in [-0.05, 0) is 19.8 Å². The van der Waals surface area contributed by atoms with Gasteiger partial charge in [0.25, 0.3) is 0 Å². The van der Waals surface area contributed by atoms with Crippen molar-refractivity contribution in [1.29, 1.82) is 0 Å². The highest BCUT2D eigenvalue weighted by Crippen LogP contribution is 2.22. The number of rotatable bonds is 3. The van der Waals surface area contributed by atoms with Crippen LogP contribution in [0.3, 0.4) is 0 Å². The Morgan fingerprint density at radius 1 is 1.00 bits per heavy atom. The molecule has 0 aliphatic heterocycles. The summed E-state index contributed by atoms with van der Waals surface area (Å²) in [5.41, 5.74) is 1.21. The molecule has 1 aromatic heterocycles. The van der Waals surface area contributed by atoms with Crippen LogP contribution in [0.2, 0.25) is 0 Å². The molecule has 2 nitrogen and oxygen atoms in total. The van der Waals surface area contributed by atoms with Crippen molar-refractivity contribution < 1.29 is 0 Å². The highest BCUT2D eigenvalue weighted by atomic mass is 15.1. The normalized spacial score (nSPS) is 12.1. The zero-order chi connectivity index (χ0) is 10.9. The van der Waals surface area contributed by atoms with E-state index in [1.165, 1.54) is 11.5 Å². The molecule has 1 aromatic rings. The molecular formula is C12H22N2. The summed E-state index contributed by atoms with van der Waals surface area (Å²) in [6.07, 6.45) is 2.20. The number of nitrogens with zero attached hydrogens (tertiary/aromatic N) is 2. The molecule has 0 spiro atoms. The Balaban J connectivity index is 3.12. The van der Waals surface area contributed by atoms with Crippen LogP contribution < -0.4 is 0 Å². The standard InChI is InChI=1S/C12H22N2/c1-8(2)11-7-14(10(5)6)12(13-11)9(3)4/h7-10H,1-6H3. The van der Waals surface area contributed by atoms with Gasteiger partial charge in [0.1, 0.15) is 5.82 Å². The second-order valence-electron chi connectivity index (χ2n) is 4.83. The summed E-state index contributed by atoms with van der Waals surface area (Å²) in [6, 6.07) is 0.507. The van der Waals surface area contributed by atoms with Gasteiger partial charge < -0.3 is 4.57 Å². The van der Waals surface area contributed by atoms with E-state index in [1.807, 2.05) is 0 Å². The van der Waals surface area contributed by atoms with Crippen molar-refractivity contribution in [1.82, 2.24) is 9.55 Å². The first-order valence-corrected chi connectivity index (χ1v) is 5.52. The SMILES string of the molecule is CC(C)c1cn(C(C)C)c(C(C)C)n1. The van der Waals surface area contributed by atoms with E-state index in [4.69, 9.17) is 4.98 Å². The molecule has 0 saturated heterocycles. The van der Waals surface area contributed by atoms with Gasteiger partial charge in [-0.2, -0.15) is 0 Å². The van der Waals surface area contributed by atoms with E-state index < -0.39 is 0 Å². The third-order valence-electron chi connectivity index (χ3n) is 2.44. The van der Waals surface area contributed by atoms with Crippen molar-refractivity contribution in [3.63, 3.8) is 0 Å². The van der Waals surface area contributed by atoms with Crippen molar-refractivity contribution in [2.75, 3.05) is 0 Å². The van der Waals surface area contributed by atoms with Crippen molar-refractivity contribution >= 4 is 0 Å². The van der Waals surface area contributed by atoms with Gasteiger partial charge in [-0.25, -0.2) is 4.98 Å². The molecule has 1 rings (SSSR count). The van der Waals surface area contributed by atoms with Gasteiger partial charge in [0, 0.05) is 18.2 Å². The minimum atomic E-state index is 0.505. The number of hydrogen-bond donors (Lipinski definition) is 0. The highest BCUT2D eigenvalue weighted by molar-refractivity contribution is 5.11. The first-order chi connectivity index (χ1) is 6.43. The van der Waals surface area contributed by atoms with E-state index in [2.05, 4.69) is 52.3 Å². The molecule has 2 heteroatoms. The monoisotopic (exact) mass is 194 g/mol. The quantitative estimate of drug-likeness (QED) is 0.717. The molecule has 0 bridgehead atoms. The summed E-state index contributed by atoms with van der Waals surface area (Å²) >= 11 is 0. The molecular weight excluding hydrogens is 172 g/mol. The van der Waals surface area contributed by atoms with Gasteiger partial charge in [0.05, 0.1) is 5.69 Å². The molecule has 1 heterocycles. The Morgan fingerprint density at radius 2 is 1.57 bits per heavy atom. The van der Waals surface area contributed by atoms with Gasteiger partial charge in [-0.3, -0.25) is 0 Å². The molecule has 0 amide bonds. The predicted octanol–water partition coefficient (Wildman–Crippen LogP) is 3.71. The fourth-order valence-electron chi connectivity index (χ4n) is 1.55. The van der Waals surface area contributed by atoms with Crippen LogP contribution in [0.4, 0.5) is 0 Å². The Labute approximate surface area is 87.4 Å². The van der Waals surface area contributed by atoms with Crippen LogP contribution in [-0.4, -0.2) is 9.55 Å². The summed E-state index contributed by atoms with van der Waals surface area (Å²) in [7, 11) is 0. The first-order valence-electron chi connectivity index (χ1n) is 5.52. The lowest BCUT2D eigenvalue weighted by molar-refractivity contribution is 0.550. The van der Waals surface area contributed by atoms with Crippen LogP contribution >= 0.6 is 0 Å². The minimum absolute atomic E-state index is 0.505. The van der Waals surface area contributed by atoms with Crippen molar-refractivity contribution in [3.8, 4) is 0 Å². The average Bonchev–Trinajstić information content (AvgIpc) is 2.47. The average molecular weight is 194 g/mol. The largest absolute Gasteiger partial charge is 0.332 e. The molecule has 0 N–H and O–H groups in total. The molecule has 0 saturated carbocycles. The fraction of sp³-hybridized carbons (Fsp3) is 0.750. The van der Waals surface area contributed by atoms with Gasteiger partial charge >= 0.3 is 0 Å². The van der Waals surface area contributed by atoms with Crippen molar-refractivity contribution in [2.45, 2.75) is 59.4 Å². The molecule has 0 fully saturated rings. The van der Waals surface area contributed by atoms with E-state index in [-0.39, 0.29) is 0 Å².